The van der Waals surface area contributed by atoms with Gasteiger partial charge in [0, 0.05) is 50.6 Å². The first-order valence-corrected chi connectivity index (χ1v) is 28.2. The van der Waals surface area contributed by atoms with Crippen LogP contribution in [0.1, 0.15) is 284 Å². The zero-order chi connectivity index (χ0) is 46.2. The fourth-order valence-electron chi connectivity index (χ4n) is 9.17. The summed E-state index contributed by atoms with van der Waals surface area (Å²) in [5.74, 6) is -1.52. The number of hydrogen-bond acceptors (Lipinski definition) is 8. The second kappa shape index (κ2) is 47.7. The summed E-state index contributed by atoms with van der Waals surface area (Å²) in [5, 5.41) is 18.3. The quantitative estimate of drug-likeness (QED) is 0.0464. The number of hydrogen-bond donors (Lipinski definition) is 2. The van der Waals surface area contributed by atoms with E-state index in [0.717, 1.165) is 88.5 Å². The lowest BCUT2D eigenvalue weighted by atomic mass is 9.78. The highest BCUT2D eigenvalue weighted by Crippen LogP contribution is 2.29. The monoisotopic (exact) mass is 903 g/mol. The van der Waals surface area contributed by atoms with Crippen molar-refractivity contribution in [3.8, 4) is 0 Å². The number of unbranched alkanes of at least 4 members (excludes halogenated alkanes) is 36. The van der Waals surface area contributed by atoms with E-state index in [1.165, 1.54) is 180 Å². The van der Waals surface area contributed by atoms with Crippen LogP contribution in [0.5, 0.6) is 0 Å². The Hall–Kier alpha value is -1.80. The average Bonchev–Trinajstić information content (AvgIpc) is 3.30. The van der Waals surface area contributed by atoms with Gasteiger partial charge in [-0.15, -0.1) is 0 Å². The molecule has 1 fully saturated rings. The lowest BCUT2D eigenvalue weighted by Crippen LogP contribution is -2.42. The molecule has 0 aromatic carbocycles. The number of aliphatic imine (C=N–C) groups is 2. The van der Waals surface area contributed by atoms with Gasteiger partial charge in [-0.25, -0.2) is 0 Å². The molecule has 0 saturated heterocycles. The molecule has 0 aromatic heterocycles. The number of aliphatic hydroxyl groups is 2. The average molecular weight is 903 g/mol. The highest BCUT2D eigenvalue weighted by Gasteiger charge is 2.40. The van der Waals surface area contributed by atoms with Crippen molar-refractivity contribution < 1.29 is 29.3 Å². The summed E-state index contributed by atoms with van der Waals surface area (Å²) in [6.45, 7) is 7.00. The van der Waals surface area contributed by atoms with E-state index >= 15 is 0 Å². The first kappa shape index (κ1) is 60.2. The van der Waals surface area contributed by atoms with Crippen molar-refractivity contribution in [1.82, 2.24) is 0 Å². The third-order valence-corrected chi connectivity index (χ3v) is 13.4. The van der Waals surface area contributed by atoms with E-state index in [9.17, 15) is 9.59 Å². The van der Waals surface area contributed by atoms with E-state index in [1.54, 1.807) is 0 Å². The maximum absolute atomic E-state index is 13.7. The zero-order valence-corrected chi connectivity index (χ0v) is 42.5. The molecule has 0 radical (unpaired) electrons. The molecule has 8 nitrogen and oxygen atoms in total. The number of rotatable bonds is 48. The third kappa shape index (κ3) is 36.3. The van der Waals surface area contributed by atoms with Crippen molar-refractivity contribution in [2.24, 2.45) is 21.8 Å². The van der Waals surface area contributed by atoms with E-state index in [4.69, 9.17) is 29.7 Å². The van der Waals surface area contributed by atoms with Crippen LogP contribution in [-0.2, 0) is 19.1 Å². The number of esters is 2. The molecule has 0 spiro atoms. The first-order valence-electron chi connectivity index (χ1n) is 28.2. The topological polar surface area (TPSA) is 118 Å². The van der Waals surface area contributed by atoms with Crippen LogP contribution in [0.3, 0.4) is 0 Å². The molecule has 0 heterocycles. The lowest BCUT2D eigenvalue weighted by Gasteiger charge is -2.30. The number of aliphatic hydroxyl groups excluding tert-OH is 2. The number of carbonyl (C=O) groups excluding carboxylic acids is 2. The predicted octanol–water partition coefficient (Wildman–Crippen LogP) is 15.6. The summed E-state index contributed by atoms with van der Waals surface area (Å²) in [6.07, 6.45) is 49.8. The molecular formula is C56H106N2O6. The molecular weight excluding hydrogens is 797 g/mol. The van der Waals surface area contributed by atoms with Crippen molar-refractivity contribution in [2.45, 2.75) is 284 Å². The molecule has 0 aromatic rings. The van der Waals surface area contributed by atoms with Crippen molar-refractivity contribution in [1.29, 1.82) is 0 Å². The van der Waals surface area contributed by atoms with E-state index in [2.05, 4.69) is 13.8 Å². The van der Waals surface area contributed by atoms with Crippen LogP contribution in [0.25, 0.3) is 0 Å². The van der Waals surface area contributed by atoms with Crippen molar-refractivity contribution >= 4 is 23.4 Å². The van der Waals surface area contributed by atoms with Gasteiger partial charge >= 0.3 is 11.9 Å². The Morgan fingerprint density at radius 1 is 0.375 bits per heavy atom. The summed E-state index contributed by atoms with van der Waals surface area (Å²) in [7, 11) is 0. The third-order valence-electron chi connectivity index (χ3n) is 13.4. The van der Waals surface area contributed by atoms with Crippen LogP contribution in [0.15, 0.2) is 9.98 Å². The standard InChI is InChI=1S/C56H106N2O6/c1-3-5-7-9-11-13-15-17-19-21-23-25-27-29-31-37-43-57-53-49-52(56(62)64-48-42-36-34-40-46-60)54(50-51(53)55(61)63-47-41-35-33-39-45-59)58-44-38-32-30-28-26-24-22-20-18-16-14-12-10-8-6-4-2/h51-52,59-60H,3-50H2,1-2H3. The maximum atomic E-state index is 13.7. The second-order valence-corrected chi connectivity index (χ2v) is 19.5. The minimum absolute atomic E-state index is 0.190. The minimum atomic E-state index is -0.509. The summed E-state index contributed by atoms with van der Waals surface area (Å²) in [5.41, 5.74) is 1.55. The number of nitrogens with zero attached hydrogens (tertiary/aromatic N) is 2. The van der Waals surface area contributed by atoms with Gasteiger partial charge in [-0.1, -0.05) is 219 Å². The normalized spacial score (nSPS) is 16.6. The molecule has 376 valence electrons. The predicted molar refractivity (Wildman–Crippen MR) is 273 cm³/mol. The molecule has 1 aliphatic rings. The van der Waals surface area contributed by atoms with Crippen molar-refractivity contribution in [3.05, 3.63) is 0 Å². The van der Waals surface area contributed by atoms with Crippen LogP contribution in [0.2, 0.25) is 0 Å². The summed E-state index contributed by atoms with van der Waals surface area (Å²) < 4.78 is 11.7. The van der Waals surface area contributed by atoms with Gasteiger partial charge in [0.1, 0.15) is 0 Å². The molecule has 0 aliphatic heterocycles. The van der Waals surface area contributed by atoms with Gasteiger partial charge in [-0.05, 0) is 51.4 Å². The smallest absolute Gasteiger partial charge is 0.315 e. The second-order valence-electron chi connectivity index (χ2n) is 19.5. The highest BCUT2D eigenvalue weighted by atomic mass is 16.5. The summed E-state index contributed by atoms with van der Waals surface area (Å²) in [6, 6.07) is 0. The van der Waals surface area contributed by atoms with Gasteiger partial charge in [0.25, 0.3) is 0 Å². The molecule has 0 bridgehead atoms. The Balaban J connectivity index is 2.68. The SMILES string of the molecule is CCCCCCCCCCCCCCCCCCN=C1CC(C(=O)OCCCCCCO)C(=NCCCCCCCCCCCCCCCCCC)CC1C(=O)OCCCCCCO. The van der Waals surface area contributed by atoms with Crippen LogP contribution in [-0.4, -0.2) is 73.1 Å². The molecule has 8 heteroatoms. The molecule has 1 aliphatic carbocycles. The van der Waals surface area contributed by atoms with Crippen LogP contribution >= 0.6 is 0 Å². The molecule has 1 saturated carbocycles. The fourth-order valence-corrected chi connectivity index (χ4v) is 9.17. The van der Waals surface area contributed by atoms with E-state index in [-0.39, 0.29) is 25.2 Å². The van der Waals surface area contributed by atoms with E-state index in [1.807, 2.05) is 0 Å². The van der Waals surface area contributed by atoms with Crippen molar-refractivity contribution in [2.75, 3.05) is 39.5 Å². The van der Waals surface area contributed by atoms with Gasteiger partial charge in [-0.2, -0.15) is 0 Å². The minimum Gasteiger partial charge on any atom is -0.465 e. The lowest BCUT2D eigenvalue weighted by molar-refractivity contribution is -0.148. The Morgan fingerprint density at radius 2 is 0.609 bits per heavy atom. The van der Waals surface area contributed by atoms with Gasteiger partial charge < -0.3 is 19.7 Å². The molecule has 0 amide bonds. The maximum Gasteiger partial charge on any atom is 0.315 e. The zero-order valence-electron chi connectivity index (χ0n) is 42.5. The van der Waals surface area contributed by atoms with Crippen LogP contribution < -0.4 is 0 Å². The Kier molecular flexibility index (Phi) is 44.9. The van der Waals surface area contributed by atoms with Gasteiger partial charge in [0.15, 0.2) is 0 Å². The molecule has 2 unspecified atom stereocenters. The van der Waals surface area contributed by atoms with Gasteiger partial charge in [0.2, 0.25) is 0 Å². The highest BCUT2D eigenvalue weighted by molar-refractivity contribution is 6.15. The van der Waals surface area contributed by atoms with Crippen molar-refractivity contribution in [3.63, 3.8) is 0 Å². The molecule has 64 heavy (non-hydrogen) atoms. The van der Waals surface area contributed by atoms with E-state index in [0.29, 0.717) is 39.1 Å². The first-order chi connectivity index (χ1) is 31.6. The molecule has 1 rings (SSSR count). The summed E-state index contributed by atoms with van der Waals surface area (Å²) >= 11 is 0. The van der Waals surface area contributed by atoms with E-state index < -0.39 is 11.8 Å². The van der Waals surface area contributed by atoms with Gasteiger partial charge in [-0.3, -0.25) is 19.6 Å². The number of ether oxygens (including phenoxy) is 2. The Bertz CT molecular complexity index is 1010. The Morgan fingerprint density at radius 3 is 0.875 bits per heavy atom. The van der Waals surface area contributed by atoms with Gasteiger partial charge in [0.05, 0.1) is 25.0 Å². The fraction of sp³-hybridized carbons (Fsp3) is 0.929. The molecule has 2 N–H and O–H groups in total. The van der Waals surface area contributed by atoms with Crippen LogP contribution in [0.4, 0.5) is 0 Å². The van der Waals surface area contributed by atoms with Crippen LogP contribution in [0, 0.1) is 11.8 Å². The Labute approximate surface area is 396 Å². The largest absolute Gasteiger partial charge is 0.465 e. The number of carbonyl (C=O) groups is 2. The summed E-state index contributed by atoms with van der Waals surface area (Å²) in [4.78, 5) is 37.5. The molecule has 2 atom stereocenters.